The van der Waals surface area contributed by atoms with Crippen LogP contribution < -0.4 is 9.47 Å². The molecule has 0 saturated carbocycles. The van der Waals surface area contributed by atoms with E-state index >= 15 is 0 Å². The van der Waals surface area contributed by atoms with E-state index in [0.29, 0.717) is 0 Å². The molecular formula is C41H46O10. The molecule has 0 unspecified atom stereocenters. The lowest BCUT2D eigenvalue weighted by Gasteiger charge is -2.52. The molecule has 0 bridgehead atoms. The fourth-order valence-corrected chi connectivity index (χ4v) is 6.27. The summed E-state index contributed by atoms with van der Waals surface area (Å²) in [5.74, 6) is -1.65. The van der Waals surface area contributed by atoms with Crippen molar-refractivity contribution >= 4 is 11.6 Å². The normalized spacial score (nSPS) is 21.9. The number of rotatable bonds is 16. The van der Waals surface area contributed by atoms with Gasteiger partial charge in [-0.05, 0) is 49.6 Å². The Morgan fingerprint density at radius 2 is 1.29 bits per heavy atom. The number of benzene rings is 4. The fraction of sp³-hybridized carbons (Fsp3) is 0.366. The highest BCUT2D eigenvalue weighted by Gasteiger charge is 2.65. The molecule has 1 fully saturated rings. The summed E-state index contributed by atoms with van der Waals surface area (Å²) >= 11 is 0. The summed E-state index contributed by atoms with van der Waals surface area (Å²) in [4.78, 5) is 27.9. The van der Waals surface area contributed by atoms with E-state index in [4.69, 9.17) is 28.4 Å². The molecule has 1 saturated heterocycles. The van der Waals surface area contributed by atoms with Crippen LogP contribution in [0.3, 0.4) is 0 Å². The number of ketones is 2. The van der Waals surface area contributed by atoms with E-state index < -0.39 is 47.0 Å². The van der Waals surface area contributed by atoms with Gasteiger partial charge in [0.25, 0.3) is 0 Å². The summed E-state index contributed by atoms with van der Waals surface area (Å²) in [6, 6.07) is 31.4. The van der Waals surface area contributed by atoms with Crippen molar-refractivity contribution < 1.29 is 48.2 Å². The molecule has 0 aromatic heterocycles. The van der Waals surface area contributed by atoms with Gasteiger partial charge >= 0.3 is 0 Å². The molecule has 1 aliphatic heterocycles. The lowest BCUT2D eigenvalue weighted by atomic mass is 9.67. The van der Waals surface area contributed by atoms with Gasteiger partial charge in [-0.15, -0.1) is 0 Å². The van der Waals surface area contributed by atoms with Gasteiger partial charge in [-0.2, -0.15) is 0 Å². The molecule has 10 nitrogen and oxygen atoms in total. The molecule has 1 aliphatic rings. The molecule has 0 aliphatic carbocycles. The average Bonchev–Trinajstić information content (AvgIpc) is 3.14. The number of methoxy groups -OCH3 is 2. The fourth-order valence-electron chi connectivity index (χ4n) is 6.27. The van der Waals surface area contributed by atoms with Gasteiger partial charge in [0.05, 0.1) is 46.1 Å². The van der Waals surface area contributed by atoms with Crippen molar-refractivity contribution in [2.45, 2.75) is 70.6 Å². The molecule has 5 atom stereocenters. The van der Waals surface area contributed by atoms with Crippen molar-refractivity contribution in [2.24, 2.45) is 5.41 Å². The van der Waals surface area contributed by atoms with Crippen LogP contribution in [0.2, 0.25) is 0 Å². The van der Waals surface area contributed by atoms with Gasteiger partial charge in [-0.25, -0.2) is 0 Å². The highest BCUT2D eigenvalue weighted by molar-refractivity contribution is 6.09. The van der Waals surface area contributed by atoms with Crippen LogP contribution in [0.4, 0.5) is 0 Å². The predicted octanol–water partition coefficient (Wildman–Crippen LogP) is 6.15. The second-order valence-corrected chi connectivity index (χ2v) is 13.1. The SMILES string of the molecule is COc1ccc([C@@H]2O[C@H](COCc3ccccc3)[C@@H](OCc3ccccc3)[C@H](OCc3ccccc3)[C@]2(O)C(=O)C(C)(C)C(C)=O)c(OC)c1O. The smallest absolute Gasteiger partial charge is 0.201 e. The molecule has 4 aromatic rings. The monoisotopic (exact) mass is 698 g/mol. The van der Waals surface area contributed by atoms with Gasteiger partial charge in [0, 0.05) is 5.56 Å². The maximum absolute atomic E-state index is 14.9. The van der Waals surface area contributed by atoms with Crippen LogP contribution in [0, 0.1) is 5.41 Å². The Bertz CT molecular complexity index is 1740. The minimum atomic E-state index is -2.56. The Morgan fingerprint density at radius 1 is 0.765 bits per heavy atom. The third-order valence-corrected chi connectivity index (χ3v) is 9.40. The molecule has 0 radical (unpaired) electrons. The number of phenols is 1. The second-order valence-electron chi connectivity index (χ2n) is 13.1. The van der Waals surface area contributed by atoms with E-state index in [9.17, 15) is 19.8 Å². The summed E-state index contributed by atoms with van der Waals surface area (Å²) in [6.07, 6.45) is -4.95. The summed E-state index contributed by atoms with van der Waals surface area (Å²) in [6.45, 7) is 4.51. The number of hydrogen-bond donors (Lipinski definition) is 2. The van der Waals surface area contributed by atoms with Gasteiger partial charge in [-0.1, -0.05) is 91.0 Å². The first-order valence-electron chi connectivity index (χ1n) is 16.8. The zero-order chi connectivity index (χ0) is 36.6. The van der Waals surface area contributed by atoms with E-state index in [2.05, 4.69) is 0 Å². The third-order valence-electron chi connectivity index (χ3n) is 9.40. The lowest BCUT2D eigenvalue weighted by molar-refractivity contribution is -0.295. The van der Waals surface area contributed by atoms with Crippen molar-refractivity contribution in [3.05, 3.63) is 125 Å². The van der Waals surface area contributed by atoms with Gasteiger partial charge < -0.3 is 38.6 Å². The summed E-state index contributed by atoms with van der Waals surface area (Å²) in [7, 11) is 2.74. The number of hydrogen-bond acceptors (Lipinski definition) is 10. The predicted molar refractivity (Wildman–Crippen MR) is 189 cm³/mol. The van der Waals surface area contributed by atoms with E-state index in [1.807, 2.05) is 91.0 Å². The quantitative estimate of drug-likeness (QED) is 0.131. The standard InChI is InChI=1S/C41H46O10/c1-27(42)40(2,3)39(44)41(45)37(31-21-22-32(46-4)34(43)35(31)47-5)51-33(26-48-23-28-15-9-6-10-16-28)36(49-24-29-17-11-7-12-18-29)38(41)50-25-30-19-13-8-14-20-30/h6-22,33,36-38,43,45H,23-26H2,1-5H3/t33-,36-,37+,38+,41+/m1/s1. The van der Waals surface area contributed by atoms with Gasteiger partial charge in [0.15, 0.2) is 22.9 Å². The van der Waals surface area contributed by atoms with Crippen LogP contribution in [0.25, 0.3) is 0 Å². The minimum Gasteiger partial charge on any atom is -0.502 e. The number of Topliss-reactive ketones (excluding diaryl/α,β-unsaturated/α-hetero) is 2. The van der Waals surface area contributed by atoms with Crippen molar-refractivity contribution in [1.29, 1.82) is 0 Å². The Labute approximate surface area is 298 Å². The van der Waals surface area contributed by atoms with Crippen molar-refractivity contribution in [2.75, 3.05) is 20.8 Å². The molecule has 270 valence electrons. The molecule has 2 N–H and O–H groups in total. The zero-order valence-electron chi connectivity index (χ0n) is 29.6. The lowest BCUT2D eigenvalue weighted by Crippen LogP contribution is -2.70. The van der Waals surface area contributed by atoms with E-state index in [0.717, 1.165) is 16.7 Å². The van der Waals surface area contributed by atoms with Crippen LogP contribution in [0.15, 0.2) is 103 Å². The first kappa shape index (κ1) is 37.7. The Morgan fingerprint density at radius 3 is 1.80 bits per heavy atom. The molecule has 1 heterocycles. The summed E-state index contributed by atoms with van der Waals surface area (Å²) in [5, 5.41) is 24.3. The first-order chi connectivity index (χ1) is 24.5. The second kappa shape index (κ2) is 16.6. The third kappa shape index (κ3) is 8.16. The Hall–Kier alpha value is -4.58. The van der Waals surface area contributed by atoms with Gasteiger partial charge in [0.1, 0.15) is 30.2 Å². The zero-order valence-corrected chi connectivity index (χ0v) is 29.6. The molecule has 0 spiro atoms. The highest BCUT2D eigenvalue weighted by Crippen LogP contribution is 2.51. The van der Waals surface area contributed by atoms with Crippen LogP contribution in [0.5, 0.6) is 17.2 Å². The van der Waals surface area contributed by atoms with E-state index in [1.54, 1.807) is 6.07 Å². The molecular weight excluding hydrogens is 652 g/mol. The van der Waals surface area contributed by atoms with Crippen LogP contribution >= 0.6 is 0 Å². The van der Waals surface area contributed by atoms with Gasteiger partial charge in [-0.3, -0.25) is 9.59 Å². The molecule has 4 aromatic carbocycles. The largest absolute Gasteiger partial charge is 0.502 e. The maximum Gasteiger partial charge on any atom is 0.201 e. The maximum atomic E-state index is 14.9. The number of aliphatic hydroxyl groups is 1. The van der Waals surface area contributed by atoms with Crippen molar-refractivity contribution in [3.63, 3.8) is 0 Å². The van der Waals surface area contributed by atoms with Crippen LogP contribution in [-0.4, -0.2) is 66.5 Å². The topological polar surface area (TPSA) is 130 Å². The highest BCUT2D eigenvalue weighted by atomic mass is 16.6. The number of aromatic hydroxyl groups is 1. The molecule has 51 heavy (non-hydrogen) atoms. The van der Waals surface area contributed by atoms with Gasteiger partial charge in [0.2, 0.25) is 5.75 Å². The Balaban J connectivity index is 1.68. The van der Waals surface area contributed by atoms with Crippen LogP contribution in [0.1, 0.15) is 49.1 Å². The number of carbonyl (C=O) groups is 2. The average molecular weight is 699 g/mol. The molecule has 0 amide bonds. The molecule has 10 heteroatoms. The van der Waals surface area contributed by atoms with E-state index in [1.165, 1.54) is 41.1 Å². The van der Waals surface area contributed by atoms with E-state index in [-0.39, 0.29) is 49.2 Å². The van der Waals surface area contributed by atoms with Crippen LogP contribution in [-0.2, 0) is 48.4 Å². The van der Waals surface area contributed by atoms with Crippen molar-refractivity contribution in [1.82, 2.24) is 0 Å². The number of ether oxygens (including phenoxy) is 6. The summed E-state index contributed by atoms with van der Waals surface area (Å²) < 4.78 is 37.1. The minimum absolute atomic E-state index is 0.0118. The number of carbonyl (C=O) groups excluding carboxylic acids is 2. The Kier molecular flexibility index (Phi) is 12.3. The van der Waals surface area contributed by atoms with Crippen molar-refractivity contribution in [3.8, 4) is 17.2 Å². The number of phenolic OH excluding ortho intramolecular Hbond substituents is 1. The summed E-state index contributed by atoms with van der Waals surface area (Å²) in [5.41, 5.74) is -1.57. The molecule has 5 rings (SSSR count). The first-order valence-corrected chi connectivity index (χ1v) is 16.8.